The van der Waals surface area contributed by atoms with E-state index in [0.29, 0.717) is 0 Å². The second-order valence-corrected chi connectivity index (χ2v) is 6.72. The number of hydrogen-bond acceptors (Lipinski definition) is 3. The predicted octanol–water partition coefficient (Wildman–Crippen LogP) is 4.38. The van der Waals surface area contributed by atoms with Gasteiger partial charge in [-0.25, -0.2) is 4.98 Å². The molecular formula is C15H16BrNOS. The first-order valence-corrected chi connectivity index (χ1v) is 8.42. The Balaban J connectivity index is 2.03. The van der Waals surface area contributed by atoms with Crippen LogP contribution in [-0.4, -0.2) is 16.9 Å². The van der Waals surface area contributed by atoms with Gasteiger partial charge in [-0.3, -0.25) is 0 Å². The molecule has 1 atom stereocenters. The van der Waals surface area contributed by atoms with Gasteiger partial charge in [0, 0.05) is 17.3 Å². The number of nitrogens with zero attached hydrogens (tertiary/aromatic N) is 1. The van der Waals surface area contributed by atoms with Crippen LogP contribution in [0.15, 0.2) is 30.3 Å². The minimum Gasteiger partial charge on any atom is -0.369 e. The number of rotatable bonds is 3. The van der Waals surface area contributed by atoms with Crippen LogP contribution in [0, 0.1) is 0 Å². The van der Waals surface area contributed by atoms with Crippen LogP contribution in [0.4, 0.5) is 0 Å². The molecule has 0 saturated carbocycles. The minimum atomic E-state index is -0.179. The summed E-state index contributed by atoms with van der Waals surface area (Å²) in [5.41, 5.74) is 2.24. The van der Waals surface area contributed by atoms with Gasteiger partial charge < -0.3 is 4.74 Å². The summed E-state index contributed by atoms with van der Waals surface area (Å²) >= 11 is 5.31. The fraction of sp³-hybridized carbons (Fsp3) is 0.400. The Bertz CT molecular complexity index is 569. The lowest BCUT2D eigenvalue weighted by Gasteiger charge is -2.32. The maximum absolute atomic E-state index is 6.02. The molecule has 19 heavy (non-hydrogen) atoms. The third kappa shape index (κ3) is 2.49. The van der Waals surface area contributed by atoms with Crippen LogP contribution in [-0.2, 0) is 16.8 Å². The molecule has 4 heteroatoms. The van der Waals surface area contributed by atoms with Crippen LogP contribution in [0.1, 0.15) is 23.9 Å². The van der Waals surface area contributed by atoms with Crippen LogP contribution in [0.25, 0.3) is 10.6 Å². The molecule has 0 fully saturated rings. The summed E-state index contributed by atoms with van der Waals surface area (Å²) in [6.45, 7) is 2.95. The lowest BCUT2D eigenvalue weighted by Crippen LogP contribution is -2.31. The fourth-order valence-electron chi connectivity index (χ4n) is 2.44. The van der Waals surface area contributed by atoms with Crippen molar-refractivity contribution in [3.63, 3.8) is 0 Å². The average Bonchev–Trinajstić information content (AvgIpc) is 2.86. The third-order valence-corrected chi connectivity index (χ3v) is 5.32. The highest BCUT2D eigenvalue weighted by Gasteiger charge is 2.35. The molecule has 0 aliphatic carbocycles. The second kappa shape index (κ2) is 5.35. The highest BCUT2D eigenvalue weighted by molar-refractivity contribution is 9.09. The number of fused-ring (bicyclic) bond motifs is 1. The largest absolute Gasteiger partial charge is 0.369 e. The molecule has 2 nitrogen and oxygen atoms in total. The smallest absolute Gasteiger partial charge is 0.123 e. The molecule has 1 aromatic heterocycles. The molecule has 2 heterocycles. The number of alkyl halides is 1. The van der Waals surface area contributed by atoms with Crippen molar-refractivity contribution in [2.24, 2.45) is 0 Å². The van der Waals surface area contributed by atoms with Gasteiger partial charge in [-0.15, -0.1) is 11.3 Å². The normalized spacial score (nSPS) is 22.2. The molecule has 0 saturated heterocycles. The summed E-state index contributed by atoms with van der Waals surface area (Å²) in [6, 6.07) is 10.4. The summed E-state index contributed by atoms with van der Waals surface area (Å²) in [4.78, 5) is 6.12. The first-order valence-electron chi connectivity index (χ1n) is 6.48. The second-order valence-electron chi connectivity index (χ2n) is 4.93. The van der Waals surface area contributed by atoms with E-state index in [-0.39, 0.29) is 5.60 Å². The topological polar surface area (TPSA) is 22.1 Å². The summed E-state index contributed by atoms with van der Waals surface area (Å²) in [5, 5.41) is 2.05. The van der Waals surface area contributed by atoms with Crippen LogP contribution in [0.2, 0.25) is 0 Å². The number of ether oxygens (including phenoxy) is 1. The van der Waals surface area contributed by atoms with Crippen LogP contribution >= 0.6 is 27.3 Å². The Morgan fingerprint density at radius 1 is 1.37 bits per heavy atom. The highest BCUT2D eigenvalue weighted by Crippen LogP contribution is 2.42. The maximum Gasteiger partial charge on any atom is 0.123 e. The van der Waals surface area contributed by atoms with Gasteiger partial charge in [-0.2, -0.15) is 0 Å². The van der Waals surface area contributed by atoms with E-state index in [1.807, 2.05) is 6.07 Å². The molecule has 1 aliphatic rings. The van der Waals surface area contributed by atoms with Gasteiger partial charge in [-0.05, 0) is 13.3 Å². The molecule has 3 rings (SSSR count). The van der Waals surface area contributed by atoms with Crippen LogP contribution < -0.4 is 0 Å². The molecule has 0 bridgehead atoms. The van der Waals surface area contributed by atoms with Crippen molar-refractivity contribution in [1.29, 1.82) is 0 Å². The van der Waals surface area contributed by atoms with Gasteiger partial charge in [-0.1, -0.05) is 46.3 Å². The Labute approximate surface area is 126 Å². The summed E-state index contributed by atoms with van der Waals surface area (Å²) in [6.07, 6.45) is 1.91. The van der Waals surface area contributed by atoms with E-state index in [4.69, 9.17) is 9.72 Å². The van der Waals surface area contributed by atoms with Gasteiger partial charge in [0.05, 0.1) is 17.2 Å². The monoisotopic (exact) mass is 337 g/mol. The summed E-state index contributed by atoms with van der Waals surface area (Å²) in [5.74, 6) is 0. The van der Waals surface area contributed by atoms with Crippen molar-refractivity contribution in [1.82, 2.24) is 4.98 Å². The summed E-state index contributed by atoms with van der Waals surface area (Å²) in [7, 11) is 0. The van der Waals surface area contributed by atoms with E-state index in [0.717, 1.165) is 29.8 Å². The molecule has 0 amide bonds. The van der Waals surface area contributed by atoms with Crippen molar-refractivity contribution < 1.29 is 4.74 Å². The number of thiazole rings is 1. The van der Waals surface area contributed by atoms with E-state index in [2.05, 4.69) is 47.1 Å². The van der Waals surface area contributed by atoms with Crippen molar-refractivity contribution in [2.45, 2.75) is 25.4 Å². The molecule has 0 radical (unpaired) electrons. The summed E-state index contributed by atoms with van der Waals surface area (Å²) < 4.78 is 6.02. The Hall–Kier alpha value is -0.710. The quantitative estimate of drug-likeness (QED) is 0.775. The van der Waals surface area contributed by atoms with E-state index < -0.39 is 0 Å². The molecular weight excluding hydrogens is 322 g/mol. The molecule has 1 aromatic carbocycles. The van der Waals surface area contributed by atoms with Crippen molar-refractivity contribution in [3.8, 4) is 10.6 Å². The minimum absolute atomic E-state index is 0.179. The average molecular weight is 338 g/mol. The number of halogens is 1. The van der Waals surface area contributed by atoms with Gasteiger partial charge in [0.25, 0.3) is 0 Å². The van der Waals surface area contributed by atoms with Crippen LogP contribution in [0.3, 0.4) is 0 Å². The SMILES string of the molecule is CC1(CCBr)OCCc2nc(-c3ccccc3)sc21. The van der Waals surface area contributed by atoms with Crippen molar-refractivity contribution >= 4 is 27.3 Å². The van der Waals surface area contributed by atoms with Crippen LogP contribution in [0.5, 0.6) is 0 Å². The number of aromatic nitrogens is 1. The van der Waals surface area contributed by atoms with E-state index >= 15 is 0 Å². The van der Waals surface area contributed by atoms with E-state index in [9.17, 15) is 0 Å². The zero-order chi connectivity index (χ0) is 13.3. The fourth-order valence-corrected chi connectivity index (χ4v) is 4.45. The lowest BCUT2D eigenvalue weighted by molar-refractivity contribution is -0.0453. The predicted molar refractivity (Wildman–Crippen MR) is 83.0 cm³/mol. The zero-order valence-corrected chi connectivity index (χ0v) is 13.3. The van der Waals surface area contributed by atoms with Gasteiger partial charge in [0.15, 0.2) is 0 Å². The van der Waals surface area contributed by atoms with Gasteiger partial charge in [0.1, 0.15) is 10.6 Å². The molecule has 1 unspecified atom stereocenters. The van der Waals surface area contributed by atoms with Crippen molar-refractivity contribution in [2.75, 3.05) is 11.9 Å². The molecule has 1 aliphatic heterocycles. The van der Waals surface area contributed by atoms with Gasteiger partial charge >= 0.3 is 0 Å². The first kappa shape index (κ1) is 13.3. The maximum atomic E-state index is 6.02. The Morgan fingerprint density at radius 3 is 2.89 bits per heavy atom. The van der Waals surface area contributed by atoms with Crippen molar-refractivity contribution in [3.05, 3.63) is 40.9 Å². The molecule has 0 N–H and O–H groups in total. The Kier molecular flexibility index (Phi) is 3.74. The Morgan fingerprint density at radius 2 is 2.16 bits per heavy atom. The number of hydrogen-bond donors (Lipinski definition) is 0. The lowest BCUT2D eigenvalue weighted by atomic mass is 9.96. The first-order chi connectivity index (χ1) is 9.23. The number of benzene rings is 1. The molecule has 0 spiro atoms. The highest BCUT2D eigenvalue weighted by atomic mass is 79.9. The molecule has 100 valence electrons. The molecule has 2 aromatic rings. The zero-order valence-electron chi connectivity index (χ0n) is 10.9. The van der Waals surface area contributed by atoms with E-state index in [1.165, 1.54) is 16.1 Å². The third-order valence-electron chi connectivity index (χ3n) is 3.53. The standard InChI is InChI=1S/C15H16BrNOS/c1-15(8-9-16)13-12(7-10-18-15)17-14(19-13)11-5-3-2-4-6-11/h2-6H,7-10H2,1H3. The van der Waals surface area contributed by atoms with Gasteiger partial charge in [0.2, 0.25) is 0 Å². The van der Waals surface area contributed by atoms with E-state index in [1.54, 1.807) is 11.3 Å².